The van der Waals surface area contributed by atoms with E-state index in [0.29, 0.717) is 0 Å². The van der Waals surface area contributed by atoms with Crippen molar-refractivity contribution in [2.45, 2.75) is 58.7 Å². The zero-order chi connectivity index (χ0) is 13.5. The molecule has 5 heteroatoms. The van der Waals surface area contributed by atoms with E-state index >= 15 is 0 Å². The number of nitriles is 1. The highest BCUT2D eigenvalue weighted by Gasteiger charge is 2.23. The van der Waals surface area contributed by atoms with Crippen molar-refractivity contribution in [3.63, 3.8) is 0 Å². The molecule has 0 unspecified atom stereocenters. The molecule has 96 valence electrons. The van der Waals surface area contributed by atoms with E-state index in [4.69, 9.17) is 14.7 Å². The van der Waals surface area contributed by atoms with Crippen LogP contribution in [0.2, 0.25) is 0 Å². The number of hydrogen-bond donors (Lipinski definition) is 0. The Hall–Kier alpha value is -1.57. The van der Waals surface area contributed by atoms with E-state index < -0.39 is 17.5 Å². The standard InChI is InChI=1S/C12H19NO4/c1-9(2)16-10(14)5-6-11(15)17-12(3,4)7-8-13/h9H,5-7H2,1-4H3. The van der Waals surface area contributed by atoms with Gasteiger partial charge >= 0.3 is 11.9 Å². The Labute approximate surface area is 102 Å². The summed E-state index contributed by atoms with van der Waals surface area (Å²) >= 11 is 0. The lowest BCUT2D eigenvalue weighted by molar-refractivity contribution is -0.160. The number of carbonyl (C=O) groups excluding carboxylic acids is 2. The highest BCUT2D eigenvalue weighted by Crippen LogP contribution is 2.15. The van der Waals surface area contributed by atoms with E-state index in [1.54, 1.807) is 27.7 Å². The SMILES string of the molecule is CC(C)OC(=O)CCC(=O)OC(C)(C)CC#N. The van der Waals surface area contributed by atoms with Crippen molar-refractivity contribution in [1.82, 2.24) is 0 Å². The molecule has 0 rings (SSSR count). The lowest BCUT2D eigenvalue weighted by atomic mass is 10.1. The Balaban J connectivity index is 3.96. The molecule has 5 nitrogen and oxygen atoms in total. The zero-order valence-electron chi connectivity index (χ0n) is 10.8. The summed E-state index contributed by atoms with van der Waals surface area (Å²) in [6.07, 6.45) is -0.0940. The molecule has 0 aliphatic carbocycles. The van der Waals surface area contributed by atoms with Gasteiger partial charge in [0.1, 0.15) is 5.60 Å². The molecule has 0 bridgehead atoms. The van der Waals surface area contributed by atoms with Gasteiger partial charge in [0, 0.05) is 0 Å². The van der Waals surface area contributed by atoms with Crippen LogP contribution in [-0.2, 0) is 19.1 Å². The van der Waals surface area contributed by atoms with Crippen molar-refractivity contribution in [2.75, 3.05) is 0 Å². The van der Waals surface area contributed by atoms with Crippen LogP contribution in [0, 0.1) is 11.3 Å². The van der Waals surface area contributed by atoms with Crippen molar-refractivity contribution in [3.05, 3.63) is 0 Å². The van der Waals surface area contributed by atoms with Crippen molar-refractivity contribution in [2.24, 2.45) is 0 Å². The molecule has 0 aromatic carbocycles. The quantitative estimate of drug-likeness (QED) is 0.664. The van der Waals surface area contributed by atoms with Crippen LogP contribution in [0.4, 0.5) is 0 Å². The van der Waals surface area contributed by atoms with E-state index in [2.05, 4.69) is 0 Å². The van der Waals surface area contributed by atoms with Gasteiger partial charge in [0.25, 0.3) is 0 Å². The van der Waals surface area contributed by atoms with Crippen LogP contribution in [0.15, 0.2) is 0 Å². The molecular formula is C12H19NO4. The van der Waals surface area contributed by atoms with Crippen molar-refractivity contribution >= 4 is 11.9 Å². The van der Waals surface area contributed by atoms with Crippen molar-refractivity contribution in [1.29, 1.82) is 5.26 Å². The second-order valence-electron chi connectivity index (χ2n) is 4.61. The van der Waals surface area contributed by atoms with E-state index in [-0.39, 0.29) is 25.4 Å². The third-order valence-corrected chi connectivity index (χ3v) is 1.80. The fourth-order valence-electron chi connectivity index (χ4n) is 1.11. The lowest BCUT2D eigenvalue weighted by Gasteiger charge is -2.21. The number of rotatable bonds is 6. The molecular weight excluding hydrogens is 222 g/mol. The molecule has 0 radical (unpaired) electrons. The highest BCUT2D eigenvalue weighted by molar-refractivity contribution is 5.77. The first kappa shape index (κ1) is 15.4. The van der Waals surface area contributed by atoms with E-state index in [1.165, 1.54) is 0 Å². The van der Waals surface area contributed by atoms with Gasteiger partial charge in [-0.1, -0.05) is 0 Å². The Morgan fingerprint density at radius 1 is 1.24 bits per heavy atom. The van der Waals surface area contributed by atoms with Gasteiger partial charge in [0.05, 0.1) is 31.4 Å². The zero-order valence-corrected chi connectivity index (χ0v) is 10.8. The molecule has 0 heterocycles. The molecule has 0 fully saturated rings. The van der Waals surface area contributed by atoms with Gasteiger partial charge in [-0.2, -0.15) is 5.26 Å². The van der Waals surface area contributed by atoms with Crippen molar-refractivity contribution < 1.29 is 19.1 Å². The summed E-state index contributed by atoms with van der Waals surface area (Å²) in [5.41, 5.74) is -0.812. The Kier molecular flexibility index (Phi) is 6.26. The smallest absolute Gasteiger partial charge is 0.306 e. The van der Waals surface area contributed by atoms with Crippen LogP contribution >= 0.6 is 0 Å². The first-order chi connectivity index (χ1) is 7.76. The maximum Gasteiger partial charge on any atom is 0.306 e. The third kappa shape index (κ3) is 8.26. The topological polar surface area (TPSA) is 76.4 Å². The summed E-state index contributed by atoms with van der Waals surface area (Å²) in [6, 6.07) is 1.94. The average Bonchev–Trinajstić information content (AvgIpc) is 2.12. The molecule has 0 N–H and O–H groups in total. The van der Waals surface area contributed by atoms with E-state index in [0.717, 1.165) is 0 Å². The van der Waals surface area contributed by atoms with Gasteiger partial charge in [-0.25, -0.2) is 0 Å². The fourth-order valence-corrected chi connectivity index (χ4v) is 1.11. The largest absolute Gasteiger partial charge is 0.463 e. The summed E-state index contributed by atoms with van der Waals surface area (Å²) in [5, 5.41) is 8.52. The fraction of sp³-hybridized carbons (Fsp3) is 0.750. The molecule has 0 aromatic rings. The first-order valence-electron chi connectivity index (χ1n) is 5.55. The molecule has 0 amide bonds. The summed E-state index contributed by atoms with van der Waals surface area (Å²) in [4.78, 5) is 22.6. The minimum Gasteiger partial charge on any atom is -0.463 e. The number of nitrogens with zero attached hydrogens (tertiary/aromatic N) is 1. The monoisotopic (exact) mass is 241 g/mol. The summed E-state index contributed by atoms with van der Waals surface area (Å²) in [5.74, 6) is -0.916. The summed E-state index contributed by atoms with van der Waals surface area (Å²) in [6.45, 7) is 6.79. The minimum atomic E-state index is -0.812. The van der Waals surface area contributed by atoms with Gasteiger partial charge in [-0.15, -0.1) is 0 Å². The van der Waals surface area contributed by atoms with Crippen LogP contribution in [0.5, 0.6) is 0 Å². The van der Waals surface area contributed by atoms with Gasteiger partial charge in [-0.3, -0.25) is 9.59 Å². The van der Waals surface area contributed by atoms with Crippen molar-refractivity contribution in [3.8, 4) is 6.07 Å². The second kappa shape index (κ2) is 6.89. The predicted octanol–water partition coefficient (Wildman–Crippen LogP) is 1.95. The normalized spacial score (nSPS) is 10.8. The maximum absolute atomic E-state index is 11.4. The molecule has 0 atom stereocenters. The predicted molar refractivity (Wildman–Crippen MR) is 60.9 cm³/mol. The van der Waals surface area contributed by atoms with Crippen LogP contribution < -0.4 is 0 Å². The Morgan fingerprint density at radius 2 is 1.76 bits per heavy atom. The molecule has 0 aliphatic rings. The maximum atomic E-state index is 11.4. The van der Waals surface area contributed by atoms with Crippen LogP contribution in [-0.4, -0.2) is 23.6 Å². The number of esters is 2. The van der Waals surface area contributed by atoms with Crippen LogP contribution in [0.3, 0.4) is 0 Å². The Bertz CT molecular complexity index is 315. The molecule has 0 aromatic heterocycles. The van der Waals surface area contributed by atoms with Gasteiger partial charge in [0.2, 0.25) is 0 Å². The van der Waals surface area contributed by atoms with Gasteiger partial charge in [-0.05, 0) is 27.7 Å². The first-order valence-corrected chi connectivity index (χ1v) is 5.55. The van der Waals surface area contributed by atoms with Crippen LogP contribution in [0.25, 0.3) is 0 Å². The minimum absolute atomic E-state index is 0.000350. The van der Waals surface area contributed by atoms with Crippen LogP contribution in [0.1, 0.15) is 47.0 Å². The Morgan fingerprint density at radius 3 is 2.24 bits per heavy atom. The summed E-state index contributed by atoms with van der Waals surface area (Å²) in [7, 11) is 0. The molecule has 0 aliphatic heterocycles. The number of carbonyl (C=O) groups is 2. The molecule has 0 spiro atoms. The second-order valence-corrected chi connectivity index (χ2v) is 4.61. The molecule has 17 heavy (non-hydrogen) atoms. The molecule has 0 saturated heterocycles. The van der Waals surface area contributed by atoms with E-state index in [1.807, 2.05) is 6.07 Å². The van der Waals surface area contributed by atoms with E-state index in [9.17, 15) is 9.59 Å². The third-order valence-electron chi connectivity index (χ3n) is 1.80. The summed E-state index contributed by atoms with van der Waals surface area (Å²) < 4.78 is 9.94. The highest BCUT2D eigenvalue weighted by atomic mass is 16.6. The van der Waals surface area contributed by atoms with Gasteiger partial charge in [0.15, 0.2) is 0 Å². The number of hydrogen-bond acceptors (Lipinski definition) is 5. The molecule has 0 saturated carbocycles. The number of ether oxygens (including phenoxy) is 2. The van der Waals surface area contributed by atoms with Gasteiger partial charge < -0.3 is 9.47 Å². The average molecular weight is 241 g/mol. The lowest BCUT2D eigenvalue weighted by Crippen LogP contribution is -2.27.